The molecule has 0 spiro atoms. The molecule has 1 aliphatic heterocycles. The van der Waals surface area contributed by atoms with Crippen LogP contribution in [-0.2, 0) is 11.3 Å². The number of urea groups is 1. The second kappa shape index (κ2) is 8.07. The van der Waals surface area contributed by atoms with Crippen molar-refractivity contribution in [3.8, 4) is 5.75 Å². The van der Waals surface area contributed by atoms with Crippen LogP contribution in [0.2, 0.25) is 0 Å². The first-order valence-electron chi connectivity index (χ1n) is 8.84. The van der Waals surface area contributed by atoms with Crippen molar-refractivity contribution in [1.82, 2.24) is 15.2 Å². The molecule has 0 bridgehead atoms. The number of amides is 3. The highest BCUT2D eigenvalue weighted by atomic mass is 16.5. The van der Waals surface area contributed by atoms with Gasteiger partial charge < -0.3 is 19.9 Å². The van der Waals surface area contributed by atoms with E-state index in [1.807, 2.05) is 43.3 Å². The fourth-order valence-electron chi connectivity index (χ4n) is 3.22. The van der Waals surface area contributed by atoms with Gasteiger partial charge in [0.05, 0.1) is 18.8 Å². The number of anilines is 1. The summed E-state index contributed by atoms with van der Waals surface area (Å²) in [6.07, 6.45) is 2.00. The molecule has 1 atom stereocenters. The Morgan fingerprint density at radius 3 is 2.89 bits per heavy atom. The molecular formula is C20H24N4O3. The molecule has 1 saturated heterocycles. The van der Waals surface area contributed by atoms with Gasteiger partial charge in [-0.1, -0.05) is 12.1 Å². The van der Waals surface area contributed by atoms with Gasteiger partial charge in [0.1, 0.15) is 5.75 Å². The Kier molecular flexibility index (Phi) is 5.59. The van der Waals surface area contributed by atoms with Crippen LogP contribution in [0, 0.1) is 6.92 Å². The minimum absolute atomic E-state index is 0.0304. The lowest BCUT2D eigenvalue weighted by Gasteiger charge is -2.22. The van der Waals surface area contributed by atoms with Crippen molar-refractivity contribution < 1.29 is 14.3 Å². The van der Waals surface area contributed by atoms with Gasteiger partial charge in [-0.15, -0.1) is 0 Å². The molecular weight excluding hydrogens is 344 g/mol. The Morgan fingerprint density at radius 2 is 2.15 bits per heavy atom. The first-order chi connectivity index (χ1) is 13.0. The van der Waals surface area contributed by atoms with Crippen LogP contribution >= 0.6 is 0 Å². The van der Waals surface area contributed by atoms with E-state index in [0.29, 0.717) is 18.8 Å². The third kappa shape index (κ3) is 4.36. The van der Waals surface area contributed by atoms with E-state index in [4.69, 9.17) is 4.74 Å². The van der Waals surface area contributed by atoms with Gasteiger partial charge in [0.15, 0.2) is 0 Å². The van der Waals surface area contributed by atoms with Crippen molar-refractivity contribution in [3.63, 3.8) is 0 Å². The molecule has 2 aromatic rings. The standard InChI is InChI=1S/C20H24N4O3/c1-14-10-15(8-9-21-14)12-23(2)20(26)22-16-11-19(25)24(13-16)17-6-4-5-7-18(17)27-3/h4-10,16H,11-13H2,1-3H3,(H,22,26)/t16-/m1/s1. The number of benzene rings is 1. The maximum absolute atomic E-state index is 12.5. The molecule has 7 nitrogen and oxygen atoms in total. The molecule has 1 N–H and O–H groups in total. The number of nitrogens with one attached hydrogen (secondary N) is 1. The Labute approximate surface area is 158 Å². The van der Waals surface area contributed by atoms with E-state index in [9.17, 15) is 9.59 Å². The van der Waals surface area contributed by atoms with E-state index in [0.717, 1.165) is 16.9 Å². The number of hydrogen-bond acceptors (Lipinski definition) is 4. The van der Waals surface area contributed by atoms with Gasteiger partial charge in [0.25, 0.3) is 0 Å². The van der Waals surface area contributed by atoms with Crippen molar-refractivity contribution >= 4 is 17.6 Å². The number of para-hydroxylation sites is 2. The average Bonchev–Trinajstić information content (AvgIpc) is 3.01. The topological polar surface area (TPSA) is 74.8 Å². The van der Waals surface area contributed by atoms with Gasteiger partial charge in [-0.25, -0.2) is 4.79 Å². The molecule has 7 heteroatoms. The summed E-state index contributed by atoms with van der Waals surface area (Å²) < 4.78 is 5.34. The zero-order chi connectivity index (χ0) is 19.4. The van der Waals surface area contributed by atoms with Gasteiger partial charge in [0, 0.05) is 38.4 Å². The molecule has 27 heavy (non-hydrogen) atoms. The molecule has 0 aliphatic carbocycles. The quantitative estimate of drug-likeness (QED) is 0.879. The van der Waals surface area contributed by atoms with Gasteiger partial charge in [-0.3, -0.25) is 9.78 Å². The molecule has 1 aliphatic rings. The molecule has 1 aromatic carbocycles. The first kappa shape index (κ1) is 18.7. The van der Waals surface area contributed by atoms with E-state index in [-0.39, 0.29) is 24.4 Å². The van der Waals surface area contributed by atoms with E-state index >= 15 is 0 Å². The van der Waals surface area contributed by atoms with Gasteiger partial charge in [0.2, 0.25) is 5.91 Å². The minimum Gasteiger partial charge on any atom is -0.495 e. The van der Waals surface area contributed by atoms with Crippen LogP contribution in [-0.4, -0.2) is 48.6 Å². The van der Waals surface area contributed by atoms with Gasteiger partial charge >= 0.3 is 6.03 Å². The maximum Gasteiger partial charge on any atom is 0.317 e. The SMILES string of the molecule is COc1ccccc1N1C[C@H](NC(=O)N(C)Cc2ccnc(C)c2)CC1=O. The first-order valence-corrected chi connectivity index (χ1v) is 8.84. The fraction of sp³-hybridized carbons (Fsp3) is 0.350. The Balaban J connectivity index is 1.61. The number of hydrogen-bond donors (Lipinski definition) is 1. The van der Waals surface area contributed by atoms with Crippen molar-refractivity contribution in [2.75, 3.05) is 25.6 Å². The molecule has 0 saturated carbocycles. The molecule has 2 heterocycles. The number of rotatable bonds is 5. The van der Waals surface area contributed by atoms with Crippen molar-refractivity contribution in [1.29, 1.82) is 0 Å². The third-order valence-electron chi connectivity index (χ3n) is 4.56. The summed E-state index contributed by atoms with van der Waals surface area (Å²) in [5.41, 5.74) is 2.65. The number of ether oxygens (including phenoxy) is 1. The van der Waals surface area contributed by atoms with Crippen LogP contribution in [0.3, 0.4) is 0 Å². The maximum atomic E-state index is 12.5. The van der Waals surface area contributed by atoms with Crippen LogP contribution in [0.25, 0.3) is 0 Å². The normalized spacial score (nSPS) is 16.3. The molecule has 0 unspecified atom stereocenters. The summed E-state index contributed by atoms with van der Waals surface area (Å²) in [5.74, 6) is 0.611. The van der Waals surface area contributed by atoms with Crippen LogP contribution in [0.5, 0.6) is 5.75 Å². The van der Waals surface area contributed by atoms with Gasteiger partial charge in [-0.05, 0) is 36.8 Å². The predicted molar refractivity (Wildman–Crippen MR) is 103 cm³/mol. The summed E-state index contributed by atoms with van der Waals surface area (Å²) in [7, 11) is 3.31. The number of carbonyl (C=O) groups is 2. The predicted octanol–water partition coefficient (Wildman–Crippen LogP) is 2.35. The second-order valence-corrected chi connectivity index (χ2v) is 6.69. The summed E-state index contributed by atoms with van der Waals surface area (Å²) >= 11 is 0. The molecule has 1 fully saturated rings. The highest BCUT2D eigenvalue weighted by Gasteiger charge is 2.33. The van der Waals surface area contributed by atoms with Crippen molar-refractivity contribution in [2.45, 2.75) is 25.9 Å². The number of aromatic nitrogens is 1. The Morgan fingerprint density at radius 1 is 1.37 bits per heavy atom. The Hall–Kier alpha value is -3.09. The number of aryl methyl sites for hydroxylation is 1. The molecule has 142 valence electrons. The minimum atomic E-state index is -0.239. The summed E-state index contributed by atoms with van der Waals surface area (Å²) in [6.45, 7) is 2.82. The summed E-state index contributed by atoms with van der Waals surface area (Å²) in [5, 5.41) is 2.95. The second-order valence-electron chi connectivity index (χ2n) is 6.69. The molecule has 3 rings (SSSR count). The van der Waals surface area contributed by atoms with Crippen LogP contribution < -0.4 is 15.0 Å². The van der Waals surface area contributed by atoms with E-state index in [1.165, 1.54) is 0 Å². The zero-order valence-electron chi connectivity index (χ0n) is 15.8. The van der Waals surface area contributed by atoms with Crippen molar-refractivity contribution in [3.05, 3.63) is 53.9 Å². The van der Waals surface area contributed by atoms with Gasteiger partial charge in [-0.2, -0.15) is 0 Å². The zero-order valence-corrected chi connectivity index (χ0v) is 15.8. The highest BCUT2D eigenvalue weighted by Crippen LogP contribution is 2.31. The number of pyridine rings is 1. The lowest BCUT2D eigenvalue weighted by atomic mass is 10.2. The van der Waals surface area contributed by atoms with E-state index in [1.54, 1.807) is 30.2 Å². The van der Waals surface area contributed by atoms with Crippen molar-refractivity contribution in [2.24, 2.45) is 0 Å². The smallest absolute Gasteiger partial charge is 0.317 e. The molecule has 0 radical (unpaired) electrons. The van der Waals surface area contributed by atoms with Crippen LogP contribution in [0.15, 0.2) is 42.6 Å². The lowest BCUT2D eigenvalue weighted by Crippen LogP contribution is -2.44. The number of carbonyl (C=O) groups excluding carboxylic acids is 2. The Bertz CT molecular complexity index is 839. The van der Waals surface area contributed by atoms with E-state index in [2.05, 4.69) is 10.3 Å². The third-order valence-corrected chi connectivity index (χ3v) is 4.56. The number of methoxy groups -OCH3 is 1. The molecule has 1 aromatic heterocycles. The fourth-order valence-corrected chi connectivity index (χ4v) is 3.22. The highest BCUT2D eigenvalue weighted by molar-refractivity contribution is 5.98. The average molecular weight is 368 g/mol. The summed E-state index contributed by atoms with van der Waals surface area (Å²) in [6, 6.07) is 10.8. The monoisotopic (exact) mass is 368 g/mol. The molecule has 3 amide bonds. The van der Waals surface area contributed by atoms with E-state index < -0.39 is 0 Å². The lowest BCUT2D eigenvalue weighted by molar-refractivity contribution is -0.117. The van der Waals surface area contributed by atoms with Crippen LogP contribution in [0.1, 0.15) is 17.7 Å². The number of nitrogens with zero attached hydrogens (tertiary/aromatic N) is 3. The summed E-state index contributed by atoms with van der Waals surface area (Å²) in [4.78, 5) is 32.4. The van der Waals surface area contributed by atoms with Crippen LogP contribution in [0.4, 0.5) is 10.5 Å². The largest absolute Gasteiger partial charge is 0.495 e.